The molecule has 0 rings (SSSR count). The fourth-order valence-electron chi connectivity index (χ4n) is 1.20. The maximum atomic E-state index is 11.9. The van der Waals surface area contributed by atoms with Gasteiger partial charge in [0.2, 0.25) is 0 Å². The summed E-state index contributed by atoms with van der Waals surface area (Å²) in [7, 11) is -0.335. The zero-order valence-electron chi connectivity index (χ0n) is 9.61. The summed E-state index contributed by atoms with van der Waals surface area (Å²) in [5.41, 5.74) is 5.01. The monoisotopic (exact) mass is 223 g/mol. The van der Waals surface area contributed by atoms with Crippen LogP contribution in [0.4, 0.5) is 0 Å². The largest absolute Gasteiger partial charge is 0.329 e. The lowest BCUT2D eigenvalue weighted by Crippen LogP contribution is -2.55. The molecule has 86 valence electrons. The summed E-state index contributed by atoms with van der Waals surface area (Å²) in [6.07, 6.45) is 0. The van der Waals surface area contributed by atoms with Gasteiger partial charge in [-0.3, -0.25) is 0 Å². The first-order valence-corrected chi connectivity index (χ1v) is 6.00. The van der Waals surface area contributed by atoms with Crippen LogP contribution in [0.5, 0.6) is 0 Å². The van der Waals surface area contributed by atoms with Gasteiger partial charge >= 0.3 is 0 Å². The van der Waals surface area contributed by atoms with Gasteiger partial charge in [-0.2, -0.15) is 17.0 Å². The molecule has 2 N–H and O–H groups in total. The molecule has 0 spiro atoms. The van der Waals surface area contributed by atoms with Crippen molar-refractivity contribution >= 4 is 10.2 Å². The minimum atomic E-state index is -3.37. The van der Waals surface area contributed by atoms with Crippen molar-refractivity contribution in [2.75, 3.05) is 27.2 Å². The van der Waals surface area contributed by atoms with Crippen molar-refractivity contribution in [2.45, 2.75) is 26.3 Å². The van der Waals surface area contributed by atoms with E-state index in [0.717, 1.165) is 0 Å². The number of rotatable bonds is 5. The Balaban J connectivity index is 5.11. The van der Waals surface area contributed by atoms with Crippen LogP contribution in [0.1, 0.15) is 20.8 Å². The molecule has 0 aromatic rings. The molecule has 0 saturated carbocycles. The number of hydrogen-bond acceptors (Lipinski definition) is 3. The highest BCUT2D eigenvalue weighted by atomic mass is 32.2. The standard InChI is InChI=1S/C8H21N3O2S/c1-6-11(8(2,3)7-9)14(12,13)10(4)5/h6-7,9H2,1-5H3. The second kappa shape index (κ2) is 4.57. The number of hydrogen-bond donors (Lipinski definition) is 1. The summed E-state index contributed by atoms with van der Waals surface area (Å²) in [5, 5.41) is 0. The molecule has 5 nitrogen and oxygen atoms in total. The second-order valence-corrected chi connectivity index (χ2v) is 6.04. The summed E-state index contributed by atoms with van der Waals surface area (Å²) in [6, 6.07) is 0. The highest BCUT2D eigenvalue weighted by Gasteiger charge is 2.35. The Hall–Kier alpha value is -0.170. The van der Waals surface area contributed by atoms with Crippen molar-refractivity contribution in [3.63, 3.8) is 0 Å². The van der Waals surface area contributed by atoms with Crippen molar-refractivity contribution < 1.29 is 8.42 Å². The van der Waals surface area contributed by atoms with Gasteiger partial charge in [0.15, 0.2) is 0 Å². The lowest BCUT2D eigenvalue weighted by molar-refractivity contribution is 0.231. The van der Waals surface area contributed by atoms with Crippen LogP contribution >= 0.6 is 0 Å². The van der Waals surface area contributed by atoms with Crippen LogP contribution in [0.3, 0.4) is 0 Å². The molecule has 0 aliphatic rings. The molecule has 6 heteroatoms. The predicted octanol–water partition coefficient (Wildman–Crippen LogP) is -0.148. The highest BCUT2D eigenvalue weighted by molar-refractivity contribution is 7.86. The third kappa shape index (κ3) is 2.66. The number of nitrogens with zero attached hydrogens (tertiary/aromatic N) is 2. The molecule has 0 heterocycles. The van der Waals surface area contributed by atoms with Gasteiger partial charge in [0.05, 0.1) is 0 Å². The van der Waals surface area contributed by atoms with Gasteiger partial charge in [-0.15, -0.1) is 0 Å². The minimum Gasteiger partial charge on any atom is -0.329 e. The van der Waals surface area contributed by atoms with Gasteiger partial charge < -0.3 is 5.73 Å². The van der Waals surface area contributed by atoms with Crippen molar-refractivity contribution in [3.05, 3.63) is 0 Å². The molecule has 0 unspecified atom stereocenters. The molecule has 0 radical (unpaired) electrons. The van der Waals surface area contributed by atoms with Crippen LogP contribution < -0.4 is 5.73 Å². The van der Waals surface area contributed by atoms with Crippen molar-refractivity contribution in [2.24, 2.45) is 5.73 Å². The summed E-state index contributed by atoms with van der Waals surface area (Å²) >= 11 is 0. The van der Waals surface area contributed by atoms with Gasteiger partial charge in [0.1, 0.15) is 0 Å². The fraction of sp³-hybridized carbons (Fsp3) is 1.00. The van der Waals surface area contributed by atoms with Crippen molar-refractivity contribution in [1.29, 1.82) is 0 Å². The fourth-order valence-corrected chi connectivity index (χ4v) is 2.62. The second-order valence-electron chi connectivity index (χ2n) is 3.97. The molecule has 0 aromatic carbocycles. The lowest BCUT2D eigenvalue weighted by atomic mass is 10.1. The third-order valence-electron chi connectivity index (χ3n) is 2.20. The van der Waals surface area contributed by atoms with E-state index in [1.54, 1.807) is 6.92 Å². The van der Waals surface area contributed by atoms with E-state index in [1.165, 1.54) is 22.7 Å². The average Bonchev–Trinajstić information content (AvgIpc) is 2.04. The smallest absolute Gasteiger partial charge is 0.281 e. The minimum absolute atomic E-state index is 0.300. The van der Waals surface area contributed by atoms with E-state index in [0.29, 0.717) is 13.1 Å². The Labute approximate surface area is 87.0 Å². The van der Waals surface area contributed by atoms with Crippen LogP contribution in [0.2, 0.25) is 0 Å². The number of nitrogens with two attached hydrogens (primary N) is 1. The Morgan fingerprint density at radius 3 is 1.93 bits per heavy atom. The Morgan fingerprint density at radius 1 is 1.29 bits per heavy atom. The van der Waals surface area contributed by atoms with E-state index >= 15 is 0 Å². The molecule has 0 atom stereocenters. The molecule has 0 amide bonds. The SMILES string of the molecule is CCN(C(C)(C)CN)S(=O)(=O)N(C)C. The van der Waals surface area contributed by atoms with Gasteiger partial charge in [0.25, 0.3) is 10.2 Å². The summed E-state index contributed by atoms with van der Waals surface area (Å²) in [4.78, 5) is 0. The maximum Gasteiger partial charge on any atom is 0.281 e. The zero-order valence-corrected chi connectivity index (χ0v) is 10.4. The first-order valence-electron chi connectivity index (χ1n) is 4.60. The molecule has 0 aromatic heterocycles. The van der Waals surface area contributed by atoms with Crippen LogP contribution in [-0.4, -0.2) is 49.8 Å². The van der Waals surface area contributed by atoms with Crippen LogP contribution in [0.25, 0.3) is 0 Å². The van der Waals surface area contributed by atoms with Gasteiger partial charge in [-0.25, -0.2) is 0 Å². The molecule has 0 fully saturated rings. The van der Waals surface area contributed by atoms with Crippen molar-refractivity contribution in [3.8, 4) is 0 Å². The predicted molar refractivity (Wildman–Crippen MR) is 58.1 cm³/mol. The van der Waals surface area contributed by atoms with E-state index in [4.69, 9.17) is 5.73 Å². The Morgan fingerprint density at radius 2 is 1.71 bits per heavy atom. The van der Waals surface area contributed by atoms with Crippen LogP contribution in [0, 0.1) is 0 Å². The average molecular weight is 223 g/mol. The summed E-state index contributed by atoms with van der Waals surface area (Å²) in [6.45, 7) is 6.16. The molecule has 0 bridgehead atoms. The summed E-state index contributed by atoms with van der Waals surface area (Å²) < 4.78 is 26.3. The van der Waals surface area contributed by atoms with E-state index in [9.17, 15) is 8.42 Å². The van der Waals surface area contributed by atoms with Crippen LogP contribution in [-0.2, 0) is 10.2 Å². The van der Waals surface area contributed by atoms with E-state index in [-0.39, 0.29) is 0 Å². The molecular weight excluding hydrogens is 202 g/mol. The topological polar surface area (TPSA) is 66.6 Å². The van der Waals surface area contributed by atoms with Gasteiger partial charge in [-0.05, 0) is 13.8 Å². The quantitative estimate of drug-likeness (QED) is 0.705. The maximum absolute atomic E-state index is 11.9. The Kier molecular flexibility index (Phi) is 4.51. The summed E-state index contributed by atoms with van der Waals surface area (Å²) in [5.74, 6) is 0. The van der Waals surface area contributed by atoms with Crippen LogP contribution in [0.15, 0.2) is 0 Å². The van der Waals surface area contributed by atoms with E-state index < -0.39 is 15.7 Å². The van der Waals surface area contributed by atoms with E-state index in [1.807, 2.05) is 13.8 Å². The first-order chi connectivity index (χ1) is 6.20. The van der Waals surface area contributed by atoms with Gasteiger partial charge in [-0.1, -0.05) is 6.92 Å². The third-order valence-corrected chi connectivity index (χ3v) is 4.43. The van der Waals surface area contributed by atoms with E-state index in [2.05, 4.69) is 0 Å². The Bertz CT molecular complexity index is 272. The number of likely N-dealkylation sites (N-methyl/N-ethyl adjacent to an activating group) is 1. The molecule has 0 aliphatic heterocycles. The molecule has 0 saturated heterocycles. The first kappa shape index (κ1) is 13.8. The molecule has 14 heavy (non-hydrogen) atoms. The van der Waals surface area contributed by atoms with Gasteiger partial charge in [0, 0.05) is 32.7 Å². The highest BCUT2D eigenvalue weighted by Crippen LogP contribution is 2.18. The molecular formula is C8H21N3O2S. The zero-order chi connectivity index (χ0) is 11.6. The van der Waals surface area contributed by atoms with Crippen molar-refractivity contribution in [1.82, 2.24) is 8.61 Å². The molecule has 0 aliphatic carbocycles. The lowest BCUT2D eigenvalue weighted by Gasteiger charge is -2.37. The normalized spacial score (nSPS) is 14.0.